The number of nitrogens with one attached hydrogen (secondary N) is 1. The number of benzene rings is 2. The zero-order chi connectivity index (χ0) is 19.4. The summed E-state index contributed by atoms with van der Waals surface area (Å²) in [5, 5.41) is 2.60. The van der Waals surface area contributed by atoms with E-state index in [0.717, 1.165) is 22.3 Å². The molecule has 2 rings (SSSR count). The third-order valence-electron chi connectivity index (χ3n) is 4.39. The molecule has 1 amide bonds. The molecule has 5 nitrogen and oxygen atoms in total. The van der Waals surface area contributed by atoms with E-state index in [1.54, 1.807) is 18.2 Å². The summed E-state index contributed by atoms with van der Waals surface area (Å²) in [4.78, 5) is 35.9. The molecule has 5 heteroatoms. The van der Waals surface area contributed by atoms with Crippen molar-refractivity contribution in [3.05, 3.63) is 63.7 Å². The molecule has 0 spiro atoms. The van der Waals surface area contributed by atoms with Gasteiger partial charge >= 0.3 is 5.97 Å². The van der Waals surface area contributed by atoms with Crippen molar-refractivity contribution in [3.8, 4) is 0 Å². The smallest absolute Gasteiger partial charge is 0.338 e. The largest absolute Gasteiger partial charge is 0.454 e. The predicted molar refractivity (Wildman–Crippen MR) is 101 cm³/mol. The zero-order valence-corrected chi connectivity index (χ0v) is 15.7. The van der Waals surface area contributed by atoms with E-state index in [0.29, 0.717) is 11.3 Å². The van der Waals surface area contributed by atoms with Crippen LogP contribution in [-0.2, 0) is 9.53 Å². The molecule has 26 heavy (non-hydrogen) atoms. The monoisotopic (exact) mass is 353 g/mol. The summed E-state index contributed by atoms with van der Waals surface area (Å²) in [7, 11) is 0. The van der Waals surface area contributed by atoms with Gasteiger partial charge < -0.3 is 10.1 Å². The van der Waals surface area contributed by atoms with E-state index in [2.05, 4.69) is 5.32 Å². The van der Waals surface area contributed by atoms with Gasteiger partial charge in [-0.15, -0.1) is 0 Å². The molecule has 0 heterocycles. The van der Waals surface area contributed by atoms with Crippen LogP contribution < -0.4 is 5.32 Å². The quantitative estimate of drug-likeness (QED) is 0.653. The fourth-order valence-electron chi connectivity index (χ4n) is 2.93. The van der Waals surface area contributed by atoms with Crippen molar-refractivity contribution in [1.29, 1.82) is 0 Å². The molecule has 0 aromatic heterocycles. The van der Waals surface area contributed by atoms with Crippen molar-refractivity contribution in [2.45, 2.75) is 34.6 Å². The predicted octanol–water partition coefficient (Wildman–Crippen LogP) is 3.92. The van der Waals surface area contributed by atoms with Gasteiger partial charge in [0.25, 0.3) is 0 Å². The second kappa shape index (κ2) is 7.95. The van der Waals surface area contributed by atoms with E-state index >= 15 is 0 Å². The number of carbonyl (C=O) groups excluding carboxylic acids is 3. The van der Waals surface area contributed by atoms with Crippen LogP contribution in [0.5, 0.6) is 0 Å². The van der Waals surface area contributed by atoms with Crippen LogP contribution in [0.2, 0.25) is 0 Å². The molecule has 0 saturated carbocycles. The number of anilines is 1. The summed E-state index contributed by atoms with van der Waals surface area (Å²) >= 11 is 0. The number of hydrogen-bond donors (Lipinski definition) is 1. The number of hydrogen-bond acceptors (Lipinski definition) is 4. The molecule has 136 valence electrons. The second-order valence-corrected chi connectivity index (χ2v) is 6.40. The molecule has 0 atom stereocenters. The molecule has 0 unspecified atom stereocenters. The highest BCUT2D eigenvalue weighted by Crippen LogP contribution is 2.22. The number of ether oxygens (including phenoxy) is 1. The average molecular weight is 353 g/mol. The Bertz CT molecular complexity index is 884. The number of esters is 1. The number of amides is 1. The number of carbonyl (C=O) groups is 3. The van der Waals surface area contributed by atoms with Crippen molar-refractivity contribution in [3.63, 3.8) is 0 Å². The number of Topliss-reactive ketones (excluding diaryl/α,β-unsaturated/α-hetero) is 1. The fourth-order valence-corrected chi connectivity index (χ4v) is 2.93. The minimum atomic E-state index is -0.607. The fraction of sp³-hybridized carbons (Fsp3) is 0.286. The lowest BCUT2D eigenvalue weighted by atomic mass is 9.92. The standard InChI is InChI=1S/C21H23NO4/c1-12-9-13(2)20(15(4)14(12)3)19(24)11-26-21(25)17-7-6-8-18(10-17)22-16(5)23/h6-10H,11H2,1-5H3,(H,22,23). The van der Waals surface area contributed by atoms with Crippen LogP contribution in [0.15, 0.2) is 30.3 Å². The molecular weight excluding hydrogens is 330 g/mol. The molecular formula is C21H23NO4. The van der Waals surface area contributed by atoms with Gasteiger partial charge in [0.05, 0.1) is 5.56 Å². The van der Waals surface area contributed by atoms with Crippen molar-refractivity contribution in [2.75, 3.05) is 11.9 Å². The van der Waals surface area contributed by atoms with Gasteiger partial charge in [-0.05, 0) is 68.1 Å². The minimum absolute atomic E-state index is 0.227. The highest BCUT2D eigenvalue weighted by atomic mass is 16.5. The van der Waals surface area contributed by atoms with Gasteiger partial charge in [0, 0.05) is 18.2 Å². The van der Waals surface area contributed by atoms with Crippen molar-refractivity contribution < 1.29 is 19.1 Å². The van der Waals surface area contributed by atoms with Gasteiger partial charge in [-0.1, -0.05) is 12.1 Å². The number of rotatable bonds is 5. The molecule has 0 bridgehead atoms. The van der Waals surface area contributed by atoms with Crippen LogP contribution >= 0.6 is 0 Å². The summed E-state index contributed by atoms with van der Waals surface area (Å²) in [6, 6.07) is 8.37. The minimum Gasteiger partial charge on any atom is -0.454 e. The lowest BCUT2D eigenvalue weighted by Gasteiger charge is -2.14. The van der Waals surface area contributed by atoms with E-state index in [-0.39, 0.29) is 23.9 Å². The SMILES string of the molecule is CC(=O)Nc1cccc(C(=O)OCC(=O)c2c(C)cc(C)c(C)c2C)c1. The van der Waals surface area contributed by atoms with Gasteiger partial charge in [0.15, 0.2) is 6.61 Å². The Morgan fingerprint density at radius 1 is 0.962 bits per heavy atom. The molecule has 0 aliphatic carbocycles. The number of aryl methyl sites for hydroxylation is 2. The van der Waals surface area contributed by atoms with E-state index in [9.17, 15) is 14.4 Å². The maximum Gasteiger partial charge on any atom is 0.338 e. The molecule has 1 N–H and O–H groups in total. The van der Waals surface area contributed by atoms with Crippen LogP contribution in [0.1, 0.15) is 49.9 Å². The van der Waals surface area contributed by atoms with Crippen LogP contribution in [0.4, 0.5) is 5.69 Å². The maximum absolute atomic E-state index is 12.6. The molecule has 0 aliphatic heterocycles. The van der Waals surface area contributed by atoms with E-state index < -0.39 is 5.97 Å². The first-order valence-electron chi connectivity index (χ1n) is 8.36. The third kappa shape index (κ3) is 4.36. The molecule has 2 aromatic rings. The molecule has 0 aliphatic rings. The summed E-state index contributed by atoms with van der Waals surface area (Å²) < 4.78 is 5.18. The average Bonchev–Trinajstić information content (AvgIpc) is 2.57. The first-order chi connectivity index (χ1) is 12.2. The van der Waals surface area contributed by atoms with E-state index in [1.165, 1.54) is 13.0 Å². The Morgan fingerprint density at radius 2 is 1.65 bits per heavy atom. The summed E-state index contributed by atoms with van der Waals surface area (Å²) in [6.07, 6.45) is 0. The Hall–Kier alpha value is -2.95. The van der Waals surface area contributed by atoms with Crippen molar-refractivity contribution in [1.82, 2.24) is 0 Å². The summed E-state index contributed by atoms with van der Waals surface area (Å²) in [6.45, 7) is 8.82. The Balaban J connectivity index is 2.12. The van der Waals surface area contributed by atoms with E-state index in [4.69, 9.17) is 4.74 Å². The van der Waals surface area contributed by atoms with Crippen LogP contribution in [0.3, 0.4) is 0 Å². The maximum atomic E-state index is 12.6. The topological polar surface area (TPSA) is 72.5 Å². The lowest BCUT2D eigenvalue weighted by Crippen LogP contribution is -2.17. The van der Waals surface area contributed by atoms with Gasteiger partial charge in [0.2, 0.25) is 11.7 Å². The van der Waals surface area contributed by atoms with Crippen LogP contribution in [0, 0.1) is 27.7 Å². The lowest BCUT2D eigenvalue weighted by molar-refractivity contribution is -0.114. The summed E-state index contributed by atoms with van der Waals surface area (Å²) in [5.74, 6) is -1.06. The first-order valence-corrected chi connectivity index (χ1v) is 8.36. The van der Waals surface area contributed by atoms with Crippen LogP contribution in [0.25, 0.3) is 0 Å². The van der Waals surface area contributed by atoms with Gasteiger partial charge in [-0.2, -0.15) is 0 Å². The summed E-state index contributed by atoms with van der Waals surface area (Å²) in [5.41, 5.74) is 5.36. The zero-order valence-electron chi connectivity index (χ0n) is 15.7. The molecule has 0 fully saturated rings. The van der Waals surface area contributed by atoms with Gasteiger partial charge in [-0.25, -0.2) is 4.79 Å². The highest BCUT2D eigenvalue weighted by molar-refractivity contribution is 6.02. The molecule has 0 radical (unpaired) electrons. The van der Waals surface area contributed by atoms with Crippen LogP contribution in [-0.4, -0.2) is 24.3 Å². The van der Waals surface area contributed by atoms with Crippen molar-refractivity contribution >= 4 is 23.3 Å². The van der Waals surface area contributed by atoms with Gasteiger partial charge in [0.1, 0.15) is 0 Å². The van der Waals surface area contributed by atoms with Gasteiger partial charge in [-0.3, -0.25) is 9.59 Å². The normalized spacial score (nSPS) is 10.3. The Labute approximate surface area is 153 Å². The second-order valence-electron chi connectivity index (χ2n) is 6.40. The first kappa shape index (κ1) is 19.4. The Kier molecular flexibility index (Phi) is 5.93. The molecule has 2 aromatic carbocycles. The Morgan fingerprint density at radius 3 is 2.31 bits per heavy atom. The number of ketones is 1. The third-order valence-corrected chi connectivity index (χ3v) is 4.39. The van der Waals surface area contributed by atoms with Crippen molar-refractivity contribution in [2.24, 2.45) is 0 Å². The molecule has 0 saturated heterocycles. The van der Waals surface area contributed by atoms with E-state index in [1.807, 2.05) is 33.8 Å². The highest BCUT2D eigenvalue weighted by Gasteiger charge is 2.18.